The van der Waals surface area contributed by atoms with Crippen molar-refractivity contribution >= 4 is 23.4 Å². The summed E-state index contributed by atoms with van der Waals surface area (Å²) in [4.78, 5) is 15.1. The van der Waals surface area contributed by atoms with Crippen LogP contribution in [-0.4, -0.2) is 42.4 Å². The monoisotopic (exact) mass is 280 g/mol. The summed E-state index contributed by atoms with van der Waals surface area (Å²) >= 11 is 1.56. The molecule has 2 N–H and O–H groups in total. The van der Waals surface area contributed by atoms with E-state index in [1.807, 2.05) is 36.9 Å². The highest BCUT2D eigenvalue weighted by Gasteiger charge is 2.21. The zero-order valence-electron chi connectivity index (χ0n) is 11.4. The Kier molecular flexibility index (Phi) is 4.71. The van der Waals surface area contributed by atoms with Crippen LogP contribution in [0.25, 0.3) is 0 Å². The first-order valence-electron chi connectivity index (χ1n) is 6.44. The predicted octanol–water partition coefficient (Wildman–Crippen LogP) is 1.92. The summed E-state index contributed by atoms with van der Waals surface area (Å²) in [6.07, 6.45) is 0.140. The number of aryl methyl sites for hydroxylation is 1. The van der Waals surface area contributed by atoms with Crippen molar-refractivity contribution in [2.45, 2.75) is 24.8 Å². The Labute approximate surface area is 118 Å². The molecule has 0 aromatic heterocycles. The fourth-order valence-electron chi connectivity index (χ4n) is 2.02. The number of anilines is 1. The van der Waals surface area contributed by atoms with Gasteiger partial charge >= 0.3 is 0 Å². The Balaban J connectivity index is 1.87. The van der Waals surface area contributed by atoms with E-state index in [4.69, 9.17) is 10.5 Å². The molecule has 0 radical (unpaired) electrons. The highest BCUT2D eigenvalue weighted by molar-refractivity contribution is 8.00. The maximum atomic E-state index is 12.1. The topological polar surface area (TPSA) is 55.6 Å². The summed E-state index contributed by atoms with van der Waals surface area (Å²) < 4.78 is 5.44. The minimum atomic E-state index is 0.140. The number of thioether (sulfide) groups is 1. The van der Waals surface area contributed by atoms with Crippen LogP contribution in [0.2, 0.25) is 0 Å². The molecule has 1 fully saturated rings. The molecule has 1 aromatic carbocycles. The van der Waals surface area contributed by atoms with Gasteiger partial charge in [-0.15, -0.1) is 11.8 Å². The van der Waals surface area contributed by atoms with Crippen LogP contribution in [0.15, 0.2) is 23.1 Å². The van der Waals surface area contributed by atoms with E-state index in [9.17, 15) is 4.79 Å². The number of amides is 1. The largest absolute Gasteiger partial charge is 0.399 e. The van der Waals surface area contributed by atoms with Gasteiger partial charge < -0.3 is 15.4 Å². The minimum Gasteiger partial charge on any atom is -0.399 e. The molecule has 1 saturated heterocycles. The minimum absolute atomic E-state index is 0.140. The zero-order chi connectivity index (χ0) is 13.8. The SMILES string of the molecule is Cc1cc(SCC(=O)N2CCOC(C)C2)ccc1N. The molecule has 0 spiro atoms. The summed E-state index contributed by atoms with van der Waals surface area (Å²) in [5.74, 6) is 0.644. The van der Waals surface area contributed by atoms with Crippen LogP contribution in [0.4, 0.5) is 5.69 Å². The second-order valence-corrected chi connectivity index (χ2v) is 5.88. The van der Waals surface area contributed by atoms with Gasteiger partial charge in [0.25, 0.3) is 0 Å². The van der Waals surface area contributed by atoms with Gasteiger partial charge in [0.1, 0.15) is 0 Å². The number of morpholine rings is 1. The number of nitrogens with two attached hydrogens (primary N) is 1. The smallest absolute Gasteiger partial charge is 0.233 e. The number of nitrogens with zero attached hydrogens (tertiary/aromatic N) is 1. The Hall–Kier alpha value is -1.20. The number of carbonyl (C=O) groups excluding carboxylic acids is 1. The molecular weight excluding hydrogens is 260 g/mol. The van der Waals surface area contributed by atoms with Crippen LogP contribution in [0.3, 0.4) is 0 Å². The number of carbonyl (C=O) groups is 1. The number of hydrogen-bond acceptors (Lipinski definition) is 4. The lowest BCUT2D eigenvalue weighted by atomic mass is 10.2. The zero-order valence-corrected chi connectivity index (χ0v) is 12.2. The van der Waals surface area contributed by atoms with E-state index in [-0.39, 0.29) is 12.0 Å². The van der Waals surface area contributed by atoms with Crippen LogP contribution in [-0.2, 0) is 9.53 Å². The average molecular weight is 280 g/mol. The van der Waals surface area contributed by atoms with Crippen molar-refractivity contribution in [3.8, 4) is 0 Å². The Bertz CT molecular complexity index is 465. The van der Waals surface area contributed by atoms with Crippen molar-refractivity contribution < 1.29 is 9.53 Å². The molecule has 0 aliphatic carbocycles. The standard InChI is InChI=1S/C14H20N2O2S/c1-10-7-12(3-4-13(10)15)19-9-14(17)16-5-6-18-11(2)8-16/h3-4,7,11H,5-6,8-9,15H2,1-2H3. The number of rotatable bonds is 3. The predicted molar refractivity (Wildman–Crippen MR) is 78.3 cm³/mol. The van der Waals surface area contributed by atoms with Crippen molar-refractivity contribution in [2.24, 2.45) is 0 Å². The van der Waals surface area contributed by atoms with Crippen LogP contribution < -0.4 is 5.73 Å². The lowest BCUT2D eigenvalue weighted by Crippen LogP contribution is -2.45. The van der Waals surface area contributed by atoms with Gasteiger partial charge in [-0.1, -0.05) is 0 Å². The third kappa shape index (κ3) is 3.88. The van der Waals surface area contributed by atoms with Crippen LogP contribution in [0.1, 0.15) is 12.5 Å². The molecule has 0 bridgehead atoms. The van der Waals surface area contributed by atoms with Gasteiger partial charge in [0, 0.05) is 23.7 Å². The van der Waals surface area contributed by atoms with Gasteiger partial charge in [0.15, 0.2) is 0 Å². The maximum absolute atomic E-state index is 12.1. The molecule has 1 unspecified atom stereocenters. The molecule has 1 aliphatic heterocycles. The number of hydrogen-bond donors (Lipinski definition) is 1. The molecule has 5 heteroatoms. The average Bonchev–Trinajstić information content (AvgIpc) is 2.40. The Morgan fingerprint density at radius 3 is 3.05 bits per heavy atom. The third-order valence-corrected chi connectivity index (χ3v) is 4.18. The second kappa shape index (κ2) is 6.30. The van der Waals surface area contributed by atoms with Gasteiger partial charge in [-0.2, -0.15) is 0 Å². The van der Waals surface area contributed by atoms with E-state index in [2.05, 4.69) is 0 Å². The van der Waals surface area contributed by atoms with E-state index >= 15 is 0 Å². The summed E-state index contributed by atoms with van der Waals surface area (Å²) in [5, 5.41) is 0. The first-order valence-corrected chi connectivity index (χ1v) is 7.43. The van der Waals surface area contributed by atoms with E-state index in [1.54, 1.807) is 11.8 Å². The van der Waals surface area contributed by atoms with E-state index in [0.717, 1.165) is 16.1 Å². The number of ether oxygens (including phenoxy) is 1. The van der Waals surface area contributed by atoms with E-state index < -0.39 is 0 Å². The summed E-state index contributed by atoms with van der Waals surface area (Å²) in [6, 6.07) is 5.87. The van der Waals surface area contributed by atoms with Crippen LogP contribution in [0.5, 0.6) is 0 Å². The molecular formula is C14H20N2O2S. The number of benzene rings is 1. The molecule has 1 heterocycles. The van der Waals surface area contributed by atoms with Gasteiger partial charge in [0.05, 0.1) is 18.5 Å². The van der Waals surface area contributed by atoms with E-state index in [0.29, 0.717) is 25.4 Å². The van der Waals surface area contributed by atoms with Crippen molar-refractivity contribution in [1.29, 1.82) is 0 Å². The first-order chi connectivity index (χ1) is 9.06. The molecule has 2 rings (SSSR count). The van der Waals surface area contributed by atoms with Gasteiger partial charge in [0.2, 0.25) is 5.91 Å². The summed E-state index contributed by atoms with van der Waals surface area (Å²) in [6.45, 7) is 6.00. The molecule has 19 heavy (non-hydrogen) atoms. The third-order valence-electron chi connectivity index (χ3n) is 3.20. The van der Waals surface area contributed by atoms with Crippen LogP contribution in [0, 0.1) is 6.92 Å². The van der Waals surface area contributed by atoms with Crippen molar-refractivity contribution in [3.05, 3.63) is 23.8 Å². The molecule has 0 saturated carbocycles. The summed E-state index contributed by atoms with van der Waals surface area (Å²) in [5.41, 5.74) is 7.62. The molecule has 1 aliphatic rings. The Morgan fingerprint density at radius 2 is 2.37 bits per heavy atom. The molecule has 1 aromatic rings. The fraction of sp³-hybridized carbons (Fsp3) is 0.500. The Morgan fingerprint density at radius 1 is 1.58 bits per heavy atom. The lowest BCUT2D eigenvalue weighted by molar-refractivity contribution is -0.135. The first kappa shape index (κ1) is 14.2. The summed E-state index contributed by atoms with van der Waals surface area (Å²) in [7, 11) is 0. The van der Waals surface area contributed by atoms with Crippen molar-refractivity contribution in [3.63, 3.8) is 0 Å². The van der Waals surface area contributed by atoms with E-state index in [1.165, 1.54) is 0 Å². The quantitative estimate of drug-likeness (QED) is 0.679. The lowest BCUT2D eigenvalue weighted by Gasteiger charge is -2.31. The normalized spacial score (nSPS) is 19.5. The maximum Gasteiger partial charge on any atom is 0.233 e. The van der Waals surface area contributed by atoms with Crippen LogP contribution >= 0.6 is 11.8 Å². The fourth-order valence-corrected chi connectivity index (χ4v) is 2.92. The molecule has 1 atom stereocenters. The number of nitrogen functional groups attached to an aromatic ring is 1. The molecule has 1 amide bonds. The van der Waals surface area contributed by atoms with Gasteiger partial charge in [-0.05, 0) is 37.6 Å². The second-order valence-electron chi connectivity index (χ2n) is 4.83. The van der Waals surface area contributed by atoms with Gasteiger partial charge in [-0.3, -0.25) is 4.79 Å². The molecule has 4 nitrogen and oxygen atoms in total. The highest BCUT2D eigenvalue weighted by Crippen LogP contribution is 2.23. The molecule has 104 valence electrons. The highest BCUT2D eigenvalue weighted by atomic mass is 32.2. The van der Waals surface area contributed by atoms with Crippen molar-refractivity contribution in [2.75, 3.05) is 31.2 Å². The van der Waals surface area contributed by atoms with Gasteiger partial charge in [-0.25, -0.2) is 0 Å². The van der Waals surface area contributed by atoms with Crippen molar-refractivity contribution in [1.82, 2.24) is 4.90 Å².